The van der Waals surface area contributed by atoms with Crippen LogP contribution < -0.4 is 0 Å². The molecule has 0 saturated heterocycles. The fraction of sp³-hybridized carbons (Fsp3) is 0.818. The van der Waals surface area contributed by atoms with Crippen molar-refractivity contribution < 1.29 is 0 Å². The van der Waals surface area contributed by atoms with Crippen molar-refractivity contribution in [3.63, 3.8) is 0 Å². The molecule has 4 unspecified atom stereocenters. The summed E-state index contributed by atoms with van der Waals surface area (Å²) in [5.41, 5.74) is 1.72. The molecule has 0 aromatic rings. The van der Waals surface area contributed by atoms with E-state index >= 15 is 0 Å². The van der Waals surface area contributed by atoms with E-state index < -0.39 is 0 Å². The monoisotopic (exact) mass is 148 g/mol. The Bertz CT molecular complexity index is 214. The number of hydrogen-bond donors (Lipinski definition) is 0. The summed E-state index contributed by atoms with van der Waals surface area (Å²) in [6.07, 6.45) is 8.67. The van der Waals surface area contributed by atoms with Crippen LogP contribution in [0.25, 0.3) is 0 Å². The zero-order valence-corrected chi connectivity index (χ0v) is 7.22. The van der Waals surface area contributed by atoms with Crippen molar-refractivity contribution in [3.8, 4) is 0 Å². The Hall–Kier alpha value is -0.260. The molecular weight excluding hydrogens is 132 g/mol. The lowest BCUT2D eigenvalue weighted by Crippen LogP contribution is -2.15. The molecule has 0 N–H and O–H groups in total. The molecule has 2 fully saturated rings. The summed E-state index contributed by atoms with van der Waals surface area (Å²) in [4.78, 5) is 0. The van der Waals surface area contributed by atoms with Crippen molar-refractivity contribution in [2.75, 3.05) is 0 Å². The van der Waals surface area contributed by atoms with E-state index in [-0.39, 0.29) is 0 Å². The molecule has 0 radical (unpaired) electrons. The molecule has 11 heavy (non-hydrogen) atoms. The van der Waals surface area contributed by atoms with Gasteiger partial charge in [-0.25, -0.2) is 0 Å². The van der Waals surface area contributed by atoms with Crippen molar-refractivity contribution in [3.05, 3.63) is 11.6 Å². The predicted octanol–water partition coefficient (Wildman–Crippen LogP) is 3.00. The highest BCUT2D eigenvalue weighted by molar-refractivity contribution is 5.22. The Morgan fingerprint density at radius 3 is 3.00 bits per heavy atom. The molecule has 0 heteroatoms. The van der Waals surface area contributed by atoms with Gasteiger partial charge in [-0.15, -0.1) is 0 Å². The molecule has 4 atom stereocenters. The van der Waals surface area contributed by atoms with E-state index in [0.29, 0.717) is 0 Å². The number of fused-ring (bicyclic) bond motifs is 5. The highest BCUT2D eigenvalue weighted by Gasteiger charge is 2.48. The van der Waals surface area contributed by atoms with Crippen LogP contribution in [0, 0.1) is 23.7 Å². The first-order valence-corrected chi connectivity index (χ1v) is 5.04. The van der Waals surface area contributed by atoms with E-state index in [0.717, 1.165) is 23.7 Å². The minimum absolute atomic E-state index is 1.01. The second-order valence-electron chi connectivity index (χ2n) is 4.68. The lowest BCUT2D eigenvalue weighted by atomic mass is 9.82. The maximum atomic E-state index is 2.57. The van der Waals surface area contributed by atoms with Crippen molar-refractivity contribution in [1.29, 1.82) is 0 Å². The molecule has 2 saturated carbocycles. The van der Waals surface area contributed by atoms with Crippen molar-refractivity contribution in [2.45, 2.75) is 32.6 Å². The molecule has 0 amide bonds. The first kappa shape index (κ1) is 6.28. The van der Waals surface area contributed by atoms with Crippen molar-refractivity contribution in [2.24, 2.45) is 23.7 Å². The molecule has 0 aliphatic heterocycles. The Morgan fingerprint density at radius 1 is 1.27 bits per heavy atom. The van der Waals surface area contributed by atoms with Gasteiger partial charge in [0.1, 0.15) is 0 Å². The van der Waals surface area contributed by atoms with E-state index in [2.05, 4.69) is 13.0 Å². The molecule has 0 heterocycles. The van der Waals surface area contributed by atoms with Crippen LogP contribution in [0.15, 0.2) is 11.6 Å². The summed E-state index contributed by atoms with van der Waals surface area (Å²) in [5.74, 6) is 4.26. The highest BCUT2D eigenvalue weighted by atomic mass is 14.5. The molecule has 3 aliphatic carbocycles. The molecule has 3 aliphatic rings. The summed E-state index contributed by atoms with van der Waals surface area (Å²) in [6, 6.07) is 0. The van der Waals surface area contributed by atoms with E-state index in [1.54, 1.807) is 5.57 Å². The van der Waals surface area contributed by atoms with Gasteiger partial charge in [-0.1, -0.05) is 18.1 Å². The zero-order valence-electron chi connectivity index (χ0n) is 7.22. The van der Waals surface area contributed by atoms with Gasteiger partial charge in [-0.2, -0.15) is 0 Å². The van der Waals surface area contributed by atoms with Crippen LogP contribution in [0.5, 0.6) is 0 Å². The van der Waals surface area contributed by atoms with Crippen LogP contribution >= 0.6 is 0 Å². The summed E-state index contributed by atoms with van der Waals surface area (Å²) in [6.45, 7) is 2.35. The second kappa shape index (κ2) is 1.91. The van der Waals surface area contributed by atoms with Gasteiger partial charge in [0.25, 0.3) is 0 Å². The van der Waals surface area contributed by atoms with Crippen LogP contribution in [0.3, 0.4) is 0 Å². The molecule has 3 rings (SSSR count). The highest BCUT2D eigenvalue weighted by Crippen LogP contribution is 2.57. The molecule has 2 bridgehead atoms. The average molecular weight is 148 g/mol. The average Bonchev–Trinajstić information content (AvgIpc) is 2.52. The Kier molecular flexibility index (Phi) is 1.09. The Morgan fingerprint density at radius 2 is 2.09 bits per heavy atom. The van der Waals surface area contributed by atoms with Crippen LogP contribution in [-0.4, -0.2) is 0 Å². The SMILES string of the molecule is CC1=CC2CC1C1CCCC21. The zero-order chi connectivity index (χ0) is 7.42. The molecule has 0 aromatic heterocycles. The number of allylic oxidation sites excluding steroid dienone is 2. The predicted molar refractivity (Wildman–Crippen MR) is 46.2 cm³/mol. The number of rotatable bonds is 0. The molecular formula is C11H16. The molecule has 0 spiro atoms. The first-order chi connectivity index (χ1) is 5.36. The minimum Gasteiger partial charge on any atom is -0.0819 e. The van der Waals surface area contributed by atoms with Crippen molar-refractivity contribution >= 4 is 0 Å². The van der Waals surface area contributed by atoms with Gasteiger partial charge in [0, 0.05) is 0 Å². The lowest BCUT2D eigenvalue weighted by molar-refractivity contribution is 0.354. The first-order valence-electron chi connectivity index (χ1n) is 5.04. The number of hydrogen-bond acceptors (Lipinski definition) is 0. The van der Waals surface area contributed by atoms with E-state index in [4.69, 9.17) is 0 Å². The van der Waals surface area contributed by atoms with Crippen LogP contribution in [0.4, 0.5) is 0 Å². The Balaban J connectivity index is 1.99. The largest absolute Gasteiger partial charge is 0.0819 e. The maximum absolute atomic E-state index is 2.57. The maximum Gasteiger partial charge on any atom is -0.0169 e. The van der Waals surface area contributed by atoms with Gasteiger partial charge in [0.05, 0.1) is 0 Å². The molecule has 0 nitrogen and oxygen atoms in total. The standard InChI is InChI=1S/C11H16/c1-7-5-8-6-11(7)10-4-2-3-9(8)10/h5,8-11H,2-4,6H2,1H3. The minimum atomic E-state index is 1.01. The fourth-order valence-corrected chi connectivity index (χ4v) is 3.87. The second-order valence-corrected chi connectivity index (χ2v) is 4.68. The quantitative estimate of drug-likeness (QED) is 0.463. The molecule has 60 valence electrons. The van der Waals surface area contributed by atoms with E-state index in [1.165, 1.54) is 25.7 Å². The third-order valence-corrected chi connectivity index (χ3v) is 4.28. The van der Waals surface area contributed by atoms with E-state index in [9.17, 15) is 0 Å². The van der Waals surface area contributed by atoms with Crippen LogP contribution in [0.2, 0.25) is 0 Å². The fourth-order valence-electron chi connectivity index (χ4n) is 3.87. The van der Waals surface area contributed by atoms with Gasteiger partial charge >= 0.3 is 0 Å². The van der Waals surface area contributed by atoms with Crippen LogP contribution in [-0.2, 0) is 0 Å². The summed E-state index contributed by atoms with van der Waals surface area (Å²) >= 11 is 0. The van der Waals surface area contributed by atoms with Gasteiger partial charge in [-0.05, 0) is 49.9 Å². The van der Waals surface area contributed by atoms with Gasteiger partial charge in [0.2, 0.25) is 0 Å². The topological polar surface area (TPSA) is 0 Å². The summed E-state index contributed by atoms with van der Waals surface area (Å²) in [5, 5.41) is 0. The van der Waals surface area contributed by atoms with Gasteiger partial charge < -0.3 is 0 Å². The van der Waals surface area contributed by atoms with E-state index in [1.807, 2.05) is 0 Å². The third-order valence-electron chi connectivity index (χ3n) is 4.28. The summed E-state index contributed by atoms with van der Waals surface area (Å²) < 4.78 is 0. The van der Waals surface area contributed by atoms with Crippen molar-refractivity contribution in [1.82, 2.24) is 0 Å². The third kappa shape index (κ3) is 0.660. The van der Waals surface area contributed by atoms with Gasteiger partial charge in [0.15, 0.2) is 0 Å². The van der Waals surface area contributed by atoms with Crippen LogP contribution in [0.1, 0.15) is 32.6 Å². The lowest BCUT2D eigenvalue weighted by Gasteiger charge is -2.23. The summed E-state index contributed by atoms with van der Waals surface area (Å²) in [7, 11) is 0. The smallest absolute Gasteiger partial charge is 0.0169 e. The molecule has 0 aromatic carbocycles. The normalized spacial score (nSPS) is 53.0. The van der Waals surface area contributed by atoms with Gasteiger partial charge in [-0.3, -0.25) is 0 Å². The Labute approximate surface area is 68.7 Å².